The summed E-state index contributed by atoms with van der Waals surface area (Å²) in [5.74, 6) is 0.850. The number of likely N-dealkylation sites (tertiary alicyclic amines) is 1. The maximum atomic E-state index is 12.7. The van der Waals surface area contributed by atoms with Crippen molar-refractivity contribution in [2.75, 3.05) is 57.1 Å². The van der Waals surface area contributed by atoms with Crippen LogP contribution >= 0.6 is 11.6 Å². The Morgan fingerprint density at radius 2 is 2.06 bits per heavy atom. The van der Waals surface area contributed by atoms with E-state index in [9.17, 15) is 9.59 Å². The highest BCUT2D eigenvalue weighted by molar-refractivity contribution is 6.34. The molecule has 172 valence electrons. The number of fused-ring (bicyclic) bond motifs is 1. The maximum absolute atomic E-state index is 12.7. The molecule has 0 atom stereocenters. The minimum absolute atomic E-state index is 0.182. The van der Waals surface area contributed by atoms with Crippen LogP contribution in [0.4, 0.5) is 11.6 Å². The number of rotatable bonds is 7. The summed E-state index contributed by atoms with van der Waals surface area (Å²) in [5, 5.41) is 3.35. The SMILES string of the molecule is Nc1c(Cl)cc(C(=O)OCC2CCN(CCNc3nccc(=O)[nH]3)CC2)c2c1OCCO2. The van der Waals surface area contributed by atoms with Gasteiger partial charge in [-0.2, -0.15) is 0 Å². The van der Waals surface area contributed by atoms with Gasteiger partial charge in [0.2, 0.25) is 5.95 Å². The quantitative estimate of drug-likeness (QED) is 0.415. The third kappa shape index (κ3) is 5.25. The number of esters is 1. The average molecular weight is 464 g/mol. The van der Waals surface area contributed by atoms with Crippen LogP contribution in [0.5, 0.6) is 11.5 Å². The van der Waals surface area contributed by atoms with Gasteiger partial charge in [-0.15, -0.1) is 0 Å². The highest BCUT2D eigenvalue weighted by atomic mass is 35.5. The van der Waals surface area contributed by atoms with E-state index in [-0.39, 0.29) is 27.8 Å². The Bertz CT molecular complexity index is 1020. The number of H-pyrrole nitrogens is 1. The predicted molar refractivity (Wildman–Crippen MR) is 120 cm³/mol. The standard InChI is InChI=1S/C21H26ClN5O5/c22-15-11-14(18-19(17(15)23)31-10-9-30-18)20(29)32-12-13-2-6-27(7-3-13)8-5-25-21-24-4-1-16(28)26-21/h1,4,11,13H,2-3,5-10,12,23H2,(H2,24,25,26,28). The highest BCUT2D eigenvalue weighted by Crippen LogP contribution is 2.43. The van der Waals surface area contributed by atoms with Crippen LogP contribution in [0.25, 0.3) is 0 Å². The predicted octanol–water partition coefficient (Wildman–Crippen LogP) is 1.76. The number of anilines is 2. The van der Waals surface area contributed by atoms with E-state index in [1.807, 2.05) is 0 Å². The van der Waals surface area contributed by atoms with Crippen molar-refractivity contribution in [2.24, 2.45) is 5.92 Å². The number of halogens is 1. The number of nitrogens with one attached hydrogen (secondary N) is 2. The molecule has 1 fully saturated rings. The van der Waals surface area contributed by atoms with Crippen LogP contribution in [-0.4, -0.2) is 66.8 Å². The third-order valence-electron chi connectivity index (χ3n) is 5.57. The largest absolute Gasteiger partial charge is 0.485 e. The van der Waals surface area contributed by atoms with E-state index in [0.29, 0.717) is 43.8 Å². The second-order valence-electron chi connectivity index (χ2n) is 7.77. The van der Waals surface area contributed by atoms with E-state index < -0.39 is 5.97 Å². The summed E-state index contributed by atoms with van der Waals surface area (Å²) in [5.41, 5.74) is 6.24. The van der Waals surface area contributed by atoms with Crippen molar-refractivity contribution >= 4 is 29.2 Å². The molecule has 10 nitrogen and oxygen atoms in total. The monoisotopic (exact) mass is 463 g/mol. The summed E-state index contributed by atoms with van der Waals surface area (Å²) in [6, 6.07) is 2.84. The molecule has 1 saturated heterocycles. The number of nitrogens with two attached hydrogens (primary N) is 1. The molecule has 11 heteroatoms. The minimum atomic E-state index is -0.496. The lowest BCUT2D eigenvalue weighted by Crippen LogP contribution is -2.38. The molecule has 4 N–H and O–H groups in total. The Balaban J connectivity index is 1.23. The topological polar surface area (TPSA) is 132 Å². The third-order valence-corrected chi connectivity index (χ3v) is 5.88. The first-order valence-corrected chi connectivity index (χ1v) is 11.0. The molecule has 32 heavy (non-hydrogen) atoms. The van der Waals surface area contributed by atoms with Crippen LogP contribution < -0.4 is 26.1 Å². The van der Waals surface area contributed by atoms with Gasteiger partial charge in [0, 0.05) is 25.4 Å². The number of nitrogen functional groups attached to an aromatic ring is 1. The molecule has 1 aromatic carbocycles. The van der Waals surface area contributed by atoms with Crippen LogP contribution in [0.3, 0.4) is 0 Å². The summed E-state index contributed by atoms with van der Waals surface area (Å²) in [6.45, 7) is 4.33. The summed E-state index contributed by atoms with van der Waals surface area (Å²) in [7, 11) is 0. The Kier molecular flexibility index (Phi) is 7.01. The van der Waals surface area contributed by atoms with E-state index in [2.05, 4.69) is 20.2 Å². The number of benzene rings is 1. The Morgan fingerprint density at radius 1 is 1.31 bits per heavy atom. The minimum Gasteiger partial charge on any atom is -0.485 e. The van der Waals surface area contributed by atoms with Gasteiger partial charge >= 0.3 is 5.97 Å². The second-order valence-corrected chi connectivity index (χ2v) is 8.17. The summed E-state index contributed by atoms with van der Waals surface area (Å²) in [6.07, 6.45) is 3.32. The van der Waals surface area contributed by atoms with Gasteiger partial charge in [-0.05, 0) is 37.9 Å². The first kappa shape index (κ1) is 22.2. The molecule has 0 bridgehead atoms. The molecule has 1 aromatic heterocycles. The lowest BCUT2D eigenvalue weighted by molar-refractivity contribution is 0.0366. The number of nitrogens with zero attached hydrogens (tertiary/aromatic N) is 2. The fourth-order valence-corrected chi connectivity index (χ4v) is 3.98. The number of hydrogen-bond donors (Lipinski definition) is 3. The fourth-order valence-electron chi connectivity index (χ4n) is 3.79. The number of ether oxygens (including phenoxy) is 3. The van der Waals surface area contributed by atoms with Crippen LogP contribution in [-0.2, 0) is 4.74 Å². The van der Waals surface area contributed by atoms with Gasteiger partial charge in [-0.25, -0.2) is 9.78 Å². The van der Waals surface area contributed by atoms with Gasteiger partial charge in [-0.3, -0.25) is 9.78 Å². The highest BCUT2D eigenvalue weighted by Gasteiger charge is 2.27. The van der Waals surface area contributed by atoms with E-state index in [1.54, 1.807) is 0 Å². The van der Waals surface area contributed by atoms with Gasteiger partial charge in [0.1, 0.15) is 18.8 Å². The molecule has 0 aliphatic carbocycles. The van der Waals surface area contributed by atoms with E-state index in [4.69, 9.17) is 31.5 Å². The normalized spacial score (nSPS) is 16.5. The number of carbonyl (C=O) groups is 1. The zero-order valence-corrected chi connectivity index (χ0v) is 18.3. The van der Waals surface area contributed by atoms with Gasteiger partial charge in [0.15, 0.2) is 11.5 Å². The number of hydrogen-bond acceptors (Lipinski definition) is 9. The van der Waals surface area contributed by atoms with Crippen molar-refractivity contribution in [3.05, 3.63) is 39.3 Å². The number of aromatic nitrogens is 2. The molecule has 0 unspecified atom stereocenters. The van der Waals surface area contributed by atoms with Crippen LogP contribution in [0.1, 0.15) is 23.2 Å². The maximum Gasteiger partial charge on any atom is 0.342 e. The molecule has 2 aliphatic rings. The molecule has 2 aromatic rings. The molecular weight excluding hydrogens is 438 g/mol. The lowest BCUT2D eigenvalue weighted by Gasteiger charge is -2.31. The van der Waals surface area contributed by atoms with Gasteiger partial charge < -0.3 is 30.2 Å². The molecule has 0 spiro atoms. The molecule has 4 rings (SSSR count). The van der Waals surface area contributed by atoms with Crippen molar-refractivity contribution in [1.82, 2.24) is 14.9 Å². The Morgan fingerprint density at radius 3 is 2.81 bits per heavy atom. The summed E-state index contributed by atoms with van der Waals surface area (Å²) < 4.78 is 16.7. The first-order valence-electron chi connectivity index (χ1n) is 10.6. The Hall–Kier alpha value is -2.98. The average Bonchev–Trinajstić information content (AvgIpc) is 2.81. The number of carbonyl (C=O) groups excluding carboxylic acids is 1. The van der Waals surface area contributed by atoms with Crippen molar-refractivity contribution in [3.63, 3.8) is 0 Å². The molecule has 0 radical (unpaired) electrons. The van der Waals surface area contributed by atoms with E-state index in [1.165, 1.54) is 18.3 Å². The zero-order valence-electron chi connectivity index (χ0n) is 17.6. The van der Waals surface area contributed by atoms with E-state index in [0.717, 1.165) is 32.5 Å². The molecular formula is C21H26ClN5O5. The lowest BCUT2D eigenvalue weighted by atomic mass is 9.98. The van der Waals surface area contributed by atoms with Crippen molar-refractivity contribution < 1.29 is 19.0 Å². The second kappa shape index (κ2) is 10.1. The molecule has 3 heterocycles. The van der Waals surface area contributed by atoms with Gasteiger partial charge in [-0.1, -0.05) is 11.6 Å². The van der Waals surface area contributed by atoms with E-state index >= 15 is 0 Å². The zero-order chi connectivity index (χ0) is 22.5. The fraction of sp³-hybridized carbons (Fsp3) is 0.476. The van der Waals surface area contributed by atoms with Crippen molar-refractivity contribution in [1.29, 1.82) is 0 Å². The summed E-state index contributed by atoms with van der Waals surface area (Å²) in [4.78, 5) is 33.0. The smallest absolute Gasteiger partial charge is 0.342 e. The Labute approximate surface area is 190 Å². The molecule has 0 amide bonds. The van der Waals surface area contributed by atoms with Crippen molar-refractivity contribution in [2.45, 2.75) is 12.8 Å². The van der Waals surface area contributed by atoms with Crippen LogP contribution in [0.15, 0.2) is 23.1 Å². The number of aromatic amines is 1. The number of piperidine rings is 1. The van der Waals surface area contributed by atoms with Crippen LogP contribution in [0.2, 0.25) is 5.02 Å². The summed E-state index contributed by atoms with van der Waals surface area (Å²) >= 11 is 6.15. The first-order chi connectivity index (χ1) is 15.5. The molecule has 0 saturated carbocycles. The van der Waals surface area contributed by atoms with Crippen molar-refractivity contribution in [3.8, 4) is 11.5 Å². The van der Waals surface area contributed by atoms with Gasteiger partial charge in [0.25, 0.3) is 5.56 Å². The van der Waals surface area contributed by atoms with Crippen LogP contribution in [0, 0.1) is 5.92 Å². The van der Waals surface area contributed by atoms with Gasteiger partial charge in [0.05, 0.1) is 17.3 Å². The molecule has 2 aliphatic heterocycles.